The van der Waals surface area contributed by atoms with Gasteiger partial charge in [-0.25, -0.2) is 0 Å². The number of halogens is 5. The Kier molecular flexibility index (Phi) is 16.2. The van der Waals surface area contributed by atoms with E-state index < -0.39 is 22.8 Å². The minimum absolute atomic E-state index is 0.460. The molecule has 2 aliphatic rings. The molecule has 0 spiro atoms. The van der Waals surface area contributed by atoms with Crippen LogP contribution in [0.4, 0.5) is 0 Å². The van der Waals surface area contributed by atoms with Crippen LogP contribution in [0.15, 0.2) is 71.4 Å². The Hall–Kier alpha value is -0.780. The number of thiophene rings is 2. The molecule has 43 heavy (non-hydrogen) atoms. The number of fused-ring (bicyclic) bond motifs is 2. The van der Waals surface area contributed by atoms with Crippen molar-refractivity contribution in [2.45, 2.75) is 36.8 Å². The van der Waals surface area contributed by atoms with E-state index in [0.717, 1.165) is 26.1 Å². The normalized spacial score (nSPS) is 15.0. The number of carboxylic acids is 2. The predicted molar refractivity (Wildman–Crippen MR) is 199 cm³/mol. The van der Waals surface area contributed by atoms with Gasteiger partial charge >= 0.3 is 11.9 Å². The fraction of sp³-hybridized carbons (Fsp3) is 0.267. The predicted octanol–water partition coefficient (Wildman–Crippen LogP) is 9.61. The molecule has 6 nitrogen and oxygen atoms in total. The zero-order chi connectivity index (χ0) is 31.4. The lowest BCUT2D eigenvalue weighted by Crippen LogP contribution is -2.37. The molecule has 6 rings (SSSR count). The van der Waals surface area contributed by atoms with Crippen LogP contribution in [0.25, 0.3) is 0 Å². The van der Waals surface area contributed by atoms with Crippen LogP contribution in [0.3, 0.4) is 0 Å². The van der Waals surface area contributed by atoms with Crippen LogP contribution < -0.4 is 5.32 Å². The van der Waals surface area contributed by atoms with Gasteiger partial charge in [0.2, 0.25) is 0 Å². The number of benzene rings is 2. The SMILES string of the molecule is II.O=C(O)C(Br)c1ccccc1Cl.O=C(O)C(c1ccccc1Cl)N1CCc2sccc2C1.c1cc2c(s1)CCNC2. The molecule has 230 valence electrons. The highest BCUT2D eigenvalue weighted by Gasteiger charge is 2.31. The topological polar surface area (TPSA) is 89.9 Å². The molecule has 0 saturated heterocycles. The molecule has 3 N–H and O–H groups in total. The van der Waals surface area contributed by atoms with Crippen LogP contribution in [-0.2, 0) is 35.5 Å². The maximum Gasteiger partial charge on any atom is 0.325 e. The number of aliphatic carboxylic acids is 2. The first kappa shape index (κ1) is 36.7. The minimum Gasteiger partial charge on any atom is -0.480 e. The Bertz CT molecular complexity index is 1470. The largest absolute Gasteiger partial charge is 0.480 e. The summed E-state index contributed by atoms with van der Waals surface area (Å²) in [6, 6.07) is 17.6. The van der Waals surface area contributed by atoms with Gasteiger partial charge in [0.25, 0.3) is 0 Å². The third-order valence-corrected chi connectivity index (χ3v) is 10.3. The first-order valence-electron chi connectivity index (χ1n) is 13.0. The van der Waals surface area contributed by atoms with Crippen molar-refractivity contribution in [2.75, 3.05) is 13.1 Å². The molecule has 4 aromatic rings. The fourth-order valence-electron chi connectivity index (χ4n) is 4.66. The van der Waals surface area contributed by atoms with Gasteiger partial charge in [-0.15, -0.1) is 22.7 Å². The third-order valence-electron chi connectivity index (χ3n) is 6.71. The number of nitrogens with zero attached hydrogens (tertiary/aromatic N) is 1. The maximum absolute atomic E-state index is 11.7. The molecule has 4 heterocycles. The van der Waals surface area contributed by atoms with Crippen LogP contribution in [0.2, 0.25) is 10.0 Å². The van der Waals surface area contributed by atoms with E-state index in [0.29, 0.717) is 27.7 Å². The Morgan fingerprint density at radius 3 is 1.95 bits per heavy atom. The summed E-state index contributed by atoms with van der Waals surface area (Å²) in [4.78, 5) is 26.4. The van der Waals surface area contributed by atoms with Crippen LogP contribution >= 0.6 is 99.0 Å². The fourth-order valence-corrected chi connectivity index (χ4v) is 7.47. The molecule has 0 aliphatic carbocycles. The molecule has 0 saturated carbocycles. The highest BCUT2D eigenvalue weighted by molar-refractivity contribution is 15.0. The summed E-state index contributed by atoms with van der Waals surface area (Å²) < 4.78 is 0. The summed E-state index contributed by atoms with van der Waals surface area (Å²) in [5, 5.41) is 26.8. The molecule has 0 radical (unpaired) electrons. The molecular weight excluding hydrogens is 921 g/mol. The van der Waals surface area contributed by atoms with Crippen molar-refractivity contribution >= 4 is 111 Å². The van der Waals surface area contributed by atoms with Crippen LogP contribution in [-0.4, -0.2) is 40.1 Å². The smallest absolute Gasteiger partial charge is 0.325 e. The maximum atomic E-state index is 11.7. The van der Waals surface area contributed by atoms with Crippen molar-refractivity contribution in [3.05, 3.63) is 113 Å². The summed E-state index contributed by atoms with van der Waals surface area (Å²) in [5.74, 6) is -1.79. The summed E-state index contributed by atoms with van der Waals surface area (Å²) >= 11 is 22.8. The van der Waals surface area contributed by atoms with Crippen molar-refractivity contribution in [1.82, 2.24) is 10.2 Å². The molecule has 0 bridgehead atoms. The molecular formula is C30H29BrCl2I2N2O4S2. The van der Waals surface area contributed by atoms with E-state index in [1.54, 1.807) is 52.6 Å². The molecule has 2 aromatic heterocycles. The van der Waals surface area contributed by atoms with Crippen molar-refractivity contribution in [3.63, 3.8) is 0 Å². The molecule has 2 aliphatic heterocycles. The van der Waals surface area contributed by atoms with Gasteiger partial charge in [-0.2, -0.15) is 0 Å². The van der Waals surface area contributed by atoms with Gasteiger partial charge < -0.3 is 15.5 Å². The quantitative estimate of drug-likeness (QED) is 0.137. The molecule has 0 fully saturated rings. The first-order chi connectivity index (χ1) is 20.8. The lowest BCUT2D eigenvalue weighted by atomic mass is 10.0. The number of carbonyl (C=O) groups is 2. The number of hydrogen-bond acceptors (Lipinski definition) is 6. The number of alkyl halides is 1. The minimum atomic E-state index is -0.942. The van der Waals surface area contributed by atoms with Gasteiger partial charge in [0, 0.05) is 83.2 Å². The van der Waals surface area contributed by atoms with Crippen molar-refractivity contribution < 1.29 is 19.8 Å². The average molecular weight is 950 g/mol. The Labute approximate surface area is 301 Å². The summed E-state index contributed by atoms with van der Waals surface area (Å²) in [6.45, 7) is 3.66. The second kappa shape index (κ2) is 19.0. The van der Waals surface area contributed by atoms with Crippen molar-refractivity contribution in [2.24, 2.45) is 0 Å². The third kappa shape index (κ3) is 10.6. The summed E-state index contributed by atoms with van der Waals surface area (Å²) in [7, 11) is 0. The molecule has 13 heteroatoms. The Morgan fingerprint density at radius 1 is 0.837 bits per heavy atom. The highest BCUT2D eigenvalue weighted by atomic mass is 128. The lowest BCUT2D eigenvalue weighted by Gasteiger charge is -2.32. The zero-order valence-corrected chi connectivity index (χ0v) is 31.7. The van der Waals surface area contributed by atoms with Gasteiger partial charge in [0.1, 0.15) is 10.9 Å². The standard InChI is InChI=1S/C15H14ClNO2S.C8H6BrClO2.C7H9NS.I2/c16-12-4-2-1-3-11(12)14(15(18)19)17-7-5-13-10(9-17)6-8-20-13;9-7(8(11)12)5-3-1-2-4-6(5)10;1-3-8-5-6-2-4-9-7(1)6;1-2/h1-4,6,8,14H,5,7,9H2,(H,18,19);1-4,7H,(H,11,12);2,4,8H,1,3,5H2;. The molecule has 2 aromatic carbocycles. The zero-order valence-electron chi connectivity index (χ0n) is 22.7. The van der Waals surface area contributed by atoms with E-state index in [9.17, 15) is 14.7 Å². The van der Waals surface area contributed by atoms with Crippen LogP contribution in [0.5, 0.6) is 0 Å². The first-order valence-corrected chi connectivity index (χ1v) is 22.8. The summed E-state index contributed by atoms with van der Waals surface area (Å²) in [6.07, 6.45) is 2.13. The molecule has 0 amide bonds. The second-order valence-electron chi connectivity index (χ2n) is 9.37. The van der Waals surface area contributed by atoms with Gasteiger partial charge in [0.15, 0.2) is 0 Å². The van der Waals surface area contributed by atoms with Crippen LogP contribution in [0.1, 0.15) is 42.9 Å². The summed E-state index contributed by atoms with van der Waals surface area (Å²) in [5.41, 5.74) is 3.98. The molecule has 2 atom stereocenters. The van der Waals surface area contributed by atoms with E-state index >= 15 is 0 Å². The van der Waals surface area contributed by atoms with Crippen molar-refractivity contribution in [3.8, 4) is 0 Å². The van der Waals surface area contributed by atoms with Gasteiger partial charge in [0.05, 0.1) is 0 Å². The second-order valence-corrected chi connectivity index (χ2v) is 13.1. The monoisotopic (exact) mass is 948 g/mol. The Morgan fingerprint density at radius 2 is 1.40 bits per heavy atom. The highest BCUT2D eigenvalue weighted by Crippen LogP contribution is 2.33. The van der Waals surface area contributed by atoms with Crippen LogP contribution in [0, 0.1) is 0 Å². The van der Waals surface area contributed by atoms with Gasteiger partial charge in [-0.05, 0) is 70.1 Å². The van der Waals surface area contributed by atoms with Gasteiger partial charge in [-0.1, -0.05) is 75.5 Å². The number of carboxylic acid groups (broad SMARTS) is 2. The van der Waals surface area contributed by atoms with E-state index in [1.807, 2.05) is 28.4 Å². The number of nitrogens with one attached hydrogen (secondary N) is 1. The molecule has 2 unspecified atom stereocenters. The average Bonchev–Trinajstić information content (AvgIpc) is 3.69. The van der Waals surface area contributed by atoms with E-state index in [-0.39, 0.29) is 0 Å². The Balaban J connectivity index is 0.000000187. The lowest BCUT2D eigenvalue weighted by molar-refractivity contribution is -0.144. The van der Waals surface area contributed by atoms with E-state index in [4.69, 9.17) is 28.3 Å². The van der Waals surface area contributed by atoms with Gasteiger partial charge in [-0.3, -0.25) is 14.5 Å². The number of rotatable bonds is 5. The van der Waals surface area contributed by atoms with Crippen molar-refractivity contribution in [1.29, 1.82) is 0 Å². The van der Waals surface area contributed by atoms with E-state index in [2.05, 4.69) is 81.4 Å². The number of hydrogen-bond donors (Lipinski definition) is 3. The van der Waals surface area contributed by atoms with E-state index in [1.165, 1.54) is 22.4 Å².